The molecule has 0 bridgehead atoms. The van der Waals surface area contributed by atoms with E-state index in [0.29, 0.717) is 38.5 Å². The lowest BCUT2D eigenvalue weighted by molar-refractivity contribution is 0.240. The maximum atomic E-state index is 12.9. The van der Waals surface area contributed by atoms with E-state index in [9.17, 15) is 8.42 Å². The van der Waals surface area contributed by atoms with E-state index in [2.05, 4.69) is 11.9 Å². The minimum atomic E-state index is -3.50. The first-order chi connectivity index (χ1) is 10.5. The van der Waals surface area contributed by atoms with Crippen LogP contribution >= 0.6 is 0 Å². The fourth-order valence-corrected chi connectivity index (χ4v) is 4.54. The van der Waals surface area contributed by atoms with E-state index in [-0.39, 0.29) is 6.61 Å². The molecular weight excluding hydrogens is 302 g/mol. The second-order valence-corrected chi connectivity index (χ2v) is 7.81. The van der Waals surface area contributed by atoms with E-state index in [1.165, 1.54) is 4.31 Å². The predicted molar refractivity (Wildman–Crippen MR) is 85.2 cm³/mol. The highest BCUT2D eigenvalue weighted by atomic mass is 32.2. The molecule has 7 heteroatoms. The molecule has 0 aromatic carbocycles. The number of aromatic nitrogens is 1. The van der Waals surface area contributed by atoms with Crippen molar-refractivity contribution in [2.24, 2.45) is 5.92 Å². The van der Waals surface area contributed by atoms with Gasteiger partial charge in [0.05, 0.1) is 0 Å². The van der Waals surface area contributed by atoms with Crippen LogP contribution in [-0.4, -0.2) is 53.4 Å². The fourth-order valence-electron chi connectivity index (χ4n) is 2.74. The van der Waals surface area contributed by atoms with Gasteiger partial charge in [-0.2, -0.15) is 17.0 Å². The second kappa shape index (κ2) is 8.01. The normalized spacial score (nSPS) is 20.4. The van der Waals surface area contributed by atoms with Crippen LogP contribution in [0.5, 0.6) is 0 Å². The van der Waals surface area contributed by atoms with E-state index in [1.54, 1.807) is 22.8 Å². The van der Waals surface area contributed by atoms with E-state index in [0.717, 1.165) is 18.4 Å². The van der Waals surface area contributed by atoms with Gasteiger partial charge in [-0.25, -0.2) is 0 Å². The van der Waals surface area contributed by atoms with Crippen molar-refractivity contribution in [1.82, 2.24) is 13.6 Å². The van der Waals surface area contributed by atoms with Crippen LogP contribution in [0.4, 0.5) is 0 Å². The molecule has 2 heterocycles. The predicted octanol–water partition coefficient (Wildman–Crippen LogP) is 1.24. The highest BCUT2D eigenvalue weighted by Gasteiger charge is 2.32. The smallest absolute Gasteiger partial charge is 0.282 e. The summed E-state index contributed by atoms with van der Waals surface area (Å²) in [6, 6.07) is 3.67. The topological polar surface area (TPSA) is 73.7 Å². The SMILES string of the molecule is CC1CCCN(S(=O)(=O)N(CCCO)Cc2cccnc2)C1. The van der Waals surface area contributed by atoms with Crippen LogP contribution in [0, 0.1) is 5.92 Å². The van der Waals surface area contributed by atoms with Crippen LogP contribution in [0.3, 0.4) is 0 Å². The van der Waals surface area contributed by atoms with E-state index < -0.39 is 10.2 Å². The average Bonchev–Trinajstić information content (AvgIpc) is 2.52. The molecule has 1 saturated heterocycles. The third kappa shape index (κ3) is 4.49. The van der Waals surface area contributed by atoms with Crippen molar-refractivity contribution in [3.05, 3.63) is 30.1 Å². The molecule has 1 aliphatic heterocycles. The van der Waals surface area contributed by atoms with Gasteiger partial charge in [-0.15, -0.1) is 0 Å². The van der Waals surface area contributed by atoms with Crippen molar-refractivity contribution in [2.45, 2.75) is 32.7 Å². The van der Waals surface area contributed by atoms with Crippen LogP contribution < -0.4 is 0 Å². The van der Waals surface area contributed by atoms with Crippen molar-refractivity contribution < 1.29 is 13.5 Å². The fraction of sp³-hybridized carbons (Fsp3) is 0.667. The lowest BCUT2D eigenvalue weighted by atomic mass is 10.0. The van der Waals surface area contributed by atoms with E-state index >= 15 is 0 Å². The van der Waals surface area contributed by atoms with Crippen molar-refractivity contribution in [1.29, 1.82) is 0 Å². The van der Waals surface area contributed by atoms with Gasteiger partial charge in [-0.3, -0.25) is 4.98 Å². The number of piperidine rings is 1. The van der Waals surface area contributed by atoms with Gasteiger partial charge in [-0.1, -0.05) is 13.0 Å². The van der Waals surface area contributed by atoms with Crippen molar-refractivity contribution in [3.63, 3.8) is 0 Å². The number of rotatable bonds is 7. The van der Waals surface area contributed by atoms with Crippen molar-refractivity contribution in [3.8, 4) is 0 Å². The maximum Gasteiger partial charge on any atom is 0.282 e. The minimum Gasteiger partial charge on any atom is -0.396 e. The van der Waals surface area contributed by atoms with Gasteiger partial charge in [0.15, 0.2) is 0 Å². The van der Waals surface area contributed by atoms with Gasteiger partial charge in [-0.05, 0) is 36.8 Å². The third-order valence-electron chi connectivity index (χ3n) is 3.92. The molecule has 1 aromatic rings. The first-order valence-electron chi connectivity index (χ1n) is 7.79. The quantitative estimate of drug-likeness (QED) is 0.818. The highest BCUT2D eigenvalue weighted by molar-refractivity contribution is 7.86. The number of hydrogen-bond acceptors (Lipinski definition) is 4. The monoisotopic (exact) mass is 327 g/mol. The van der Waals surface area contributed by atoms with Crippen LogP contribution in [0.25, 0.3) is 0 Å². The Morgan fingerprint density at radius 2 is 2.32 bits per heavy atom. The molecule has 1 atom stereocenters. The summed E-state index contributed by atoms with van der Waals surface area (Å²) >= 11 is 0. The first-order valence-corrected chi connectivity index (χ1v) is 9.18. The van der Waals surface area contributed by atoms with Gasteiger partial charge in [0.25, 0.3) is 10.2 Å². The van der Waals surface area contributed by atoms with Gasteiger partial charge in [0.1, 0.15) is 0 Å². The summed E-state index contributed by atoms with van der Waals surface area (Å²) in [5.74, 6) is 0.390. The zero-order valence-electron chi connectivity index (χ0n) is 13.1. The molecule has 6 nitrogen and oxygen atoms in total. The van der Waals surface area contributed by atoms with E-state index in [4.69, 9.17) is 5.11 Å². The molecule has 1 unspecified atom stereocenters. The van der Waals surface area contributed by atoms with Gasteiger partial charge >= 0.3 is 0 Å². The Labute approximate surface area is 133 Å². The molecule has 0 aliphatic carbocycles. The Balaban J connectivity index is 2.15. The first kappa shape index (κ1) is 17.3. The number of pyridine rings is 1. The molecule has 1 aromatic heterocycles. The molecule has 1 N–H and O–H groups in total. The molecule has 124 valence electrons. The molecule has 1 fully saturated rings. The molecular formula is C15H25N3O3S. The molecule has 0 amide bonds. The van der Waals surface area contributed by atoms with Gasteiger partial charge in [0, 0.05) is 45.2 Å². The maximum absolute atomic E-state index is 12.9. The summed E-state index contributed by atoms with van der Waals surface area (Å²) < 4.78 is 28.8. The Morgan fingerprint density at radius 3 is 2.95 bits per heavy atom. The zero-order chi connectivity index (χ0) is 16.0. The second-order valence-electron chi connectivity index (χ2n) is 5.89. The summed E-state index contributed by atoms with van der Waals surface area (Å²) in [7, 11) is -3.50. The lowest BCUT2D eigenvalue weighted by Gasteiger charge is -2.34. The van der Waals surface area contributed by atoms with Gasteiger partial charge < -0.3 is 5.11 Å². The summed E-state index contributed by atoms with van der Waals surface area (Å²) in [6.07, 6.45) is 5.76. The van der Waals surface area contributed by atoms with Gasteiger partial charge in [0.2, 0.25) is 0 Å². The molecule has 2 rings (SSSR count). The Morgan fingerprint density at radius 1 is 1.50 bits per heavy atom. The molecule has 0 radical (unpaired) electrons. The lowest BCUT2D eigenvalue weighted by Crippen LogP contribution is -2.47. The van der Waals surface area contributed by atoms with Crippen LogP contribution in [0.15, 0.2) is 24.5 Å². The zero-order valence-corrected chi connectivity index (χ0v) is 13.9. The number of aliphatic hydroxyl groups excluding tert-OH is 1. The van der Waals surface area contributed by atoms with Crippen LogP contribution in [0.1, 0.15) is 31.7 Å². The summed E-state index contributed by atoms with van der Waals surface area (Å²) in [5.41, 5.74) is 0.856. The van der Waals surface area contributed by atoms with Crippen LogP contribution in [0.2, 0.25) is 0 Å². The Kier molecular flexibility index (Phi) is 6.31. The van der Waals surface area contributed by atoms with Crippen molar-refractivity contribution >= 4 is 10.2 Å². The Bertz CT molecular complexity index is 550. The molecule has 0 saturated carbocycles. The van der Waals surface area contributed by atoms with Crippen LogP contribution in [-0.2, 0) is 16.8 Å². The summed E-state index contributed by atoms with van der Waals surface area (Å²) in [5, 5.41) is 9.05. The summed E-state index contributed by atoms with van der Waals surface area (Å²) in [4.78, 5) is 4.04. The molecule has 1 aliphatic rings. The highest BCUT2D eigenvalue weighted by Crippen LogP contribution is 2.22. The minimum absolute atomic E-state index is 0.0184. The molecule has 22 heavy (non-hydrogen) atoms. The summed E-state index contributed by atoms with van der Waals surface area (Å²) in [6.45, 7) is 3.83. The number of aliphatic hydroxyl groups is 1. The Hall–Kier alpha value is -1.02. The van der Waals surface area contributed by atoms with E-state index in [1.807, 2.05) is 6.07 Å². The standard InChI is InChI=1S/C15H25N3O3S/c1-14-5-3-8-17(12-14)22(20,21)18(9-4-10-19)13-15-6-2-7-16-11-15/h2,6-7,11,14,19H,3-5,8-10,12-13H2,1H3. The molecule has 0 spiro atoms. The third-order valence-corrected chi connectivity index (χ3v) is 5.87. The number of nitrogens with zero attached hydrogens (tertiary/aromatic N) is 3. The largest absolute Gasteiger partial charge is 0.396 e. The average molecular weight is 327 g/mol. The number of hydrogen-bond donors (Lipinski definition) is 1. The van der Waals surface area contributed by atoms with Crippen molar-refractivity contribution in [2.75, 3.05) is 26.2 Å².